The first-order valence-electron chi connectivity index (χ1n) is 5.13. The van der Waals surface area contributed by atoms with Gasteiger partial charge in [0.05, 0.1) is 23.0 Å². The number of nitrogen functional groups attached to an aromatic ring is 1. The lowest BCUT2D eigenvalue weighted by Gasteiger charge is -2.19. The first kappa shape index (κ1) is 11.9. The lowest BCUT2D eigenvalue weighted by Crippen LogP contribution is -2.31. The number of nitrogens with one attached hydrogen (secondary N) is 1. The molecule has 1 aromatic heterocycles. The van der Waals surface area contributed by atoms with E-state index in [2.05, 4.69) is 10.5 Å². The summed E-state index contributed by atoms with van der Waals surface area (Å²) in [6, 6.07) is 7.22. The number of nitrogens with zero attached hydrogens (tertiary/aromatic N) is 2. The van der Waals surface area contributed by atoms with E-state index in [1.807, 2.05) is 31.3 Å². The fourth-order valence-electron chi connectivity index (χ4n) is 1.83. The van der Waals surface area contributed by atoms with Crippen molar-refractivity contribution in [2.75, 3.05) is 5.73 Å². The number of aromatic nitrogens is 2. The minimum Gasteiger partial charge on any atom is -0.398 e. The smallest absolute Gasteiger partial charge is 0.0913 e. The normalized spacial score (nSPS) is 12.6. The molecule has 0 bridgehead atoms. The largest absolute Gasteiger partial charge is 0.398 e. The third-order valence-corrected chi connectivity index (χ3v) is 2.98. The van der Waals surface area contributed by atoms with Gasteiger partial charge in [0.2, 0.25) is 0 Å². The zero-order valence-electron chi connectivity index (χ0n) is 9.39. The van der Waals surface area contributed by atoms with Crippen LogP contribution in [0.2, 0.25) is 5.02 Å². The zero-order valence-corrected chi connectivity index (χ0v) is 10.1. The van der Waals surface area contributed by atoms with Gasteiger partial charge in [-0.1, -0.05) is 29.8 Å². The number of rotatable bonds is 3. The molecule has 0 radical (unpaired) electrons. The molecule has 0 spiro atoms. The molecular weight excluding hydrogens is 238 g/mol. The van der Waals surface area contributed by atoms with E-state index in [-0.39, 0.29) is 6.04 Å². The summed E-state index contributed by atoms with van der Waals surface area (Å²) in [5.41, 5.74) is 11.0. The van der Waals surface area contributed by atoms with Gasteiger partial charge in [-0.15, -0.1) is 0 Å². The lowest BCUT2D eigenvalue weighted by atomic mass is 10.0. The number of anilines is 1. The molecule has 2 rings (SSSR count). The number of halogens is 1. The maximum atomic E-state index is 6.10. The van der Waals surface area contributed by atoms with Crippen molar-refractivity contribution < 1.29 is 0 Å². The maximum Gasteiger partial charge on any atom is 0.0913 e. The highest BCUT2D eigenvalue weighted by Crippen LogP contribution is 2.30. The second-order valence-corrected chi connectivity index (χ2v) is 4.14. The third kappa shape index (κ3) is 2.12. The van der Waals surface area contributed by atoms with Gasteiger partial charge in [-0.3, -0.25) is 10.5 Å². The van der Waals surface area contributed by atoms with Crippen molar-refractivity contribution in [2.24, 2.45) is 12.9 Å². The summed E-state index contributed by atoms with van der Waals surface area (Å²) in [7, 11) is 1.81. The number of aryl methyl sites for hydroxylation is 1. The Morgan fingerprint density at radius 3 is 2.65 bits per heavy atom. The minimum absolute atomic E-state index is 0.281. The Hall–Kier alpha value is -1.56. The van der Waals surface area contributed by atoms with E-state index in [4.69, 9.17) is 23.2 Å². The number of benzene rings is 1. The Kier molecular flexibility index (Phi) is 3.33. The van der Waals surface area contributed by atoms with E-state index in [9.17, 15) is 0 Å². The highest BCUT2D eigenvalue weighted by Gasteiger charge is 2.21. The summed E-state index contributed by atoms with van der Waals surface area (Å²) in [4.78, 5) is 0. The third-order valence-electron chi connectivity index (χ3n) is 2.68. The summed E-state index contributed by atoms with van der Waals surface area (Å²) in [6.07, 6.45) is 1.58. The predicted octanol–water partition coefficient (Wildman–Crippen LogP) is 1.21. The maximum absolute atomic E-state index is 6.10. The Bertz CT molecular complexity index is 503. The molecular formula is C11H14ClN5. The van der Waals surface area contributed by atoms with Gasteiger partial charge in [0.1, 0.15) is 0 Å². The zero-order chi connectivity index (χ0) is 12.4. The molecule has 0 aliphatic rings. The Morgan fingerprint density at radius 1 is 1.41 bits per heavy atom. The highest BCUT2D eigenvalue weighted by atomic mass is 35.5. The van der Waals surface area contributed by atoms with Crippen LogP contribution in [0.5, 0.6) is 0 Å². The van der Waals surface area contributed by atoms with Crippen LogP contribution in [0.15, 0.2) is 30.5 Å². The molecule has 0 saturated carbocycles. The second kappa shape index (κ2) is 4.75. The Labute approximate surface area is 104 Å². The van der Waals surface area contributed by atoms with E-state index in [1.54, 1.807) is 10.9 Å². The first-order valence-corrected chi connectivity index (χ1v) is 5.51. The van der Waals surface area contributed by atoms with Gasteiger partial charge >= 0.3 is 0 Å². The molecule has 5 nitrogen and oxygen atoms in total. The SMILES string of the molecule is Cn1ncc(Cl)c1C(NN)c1ccccc1N. The minimum atomic E-state index is -0.281. The predicted molar refractivity (Wildman–Crippen MR) is 68.2 cm³/mol. The molecule has 1 heterocycles. The van der Waals surface area contributed by atoms with Gasteiger partial charge in [0.25, 0.3) is 0 Å². The standard InChI is InChI=1S/C11H14ClN5/c1-17-11(8(12)6-15-17)10(16-14)7-4-2-3-5-9(7)13/h2-6,10,16H,13-14H2,1H3. The monoisotopic (exact) mass is 251 g/mol. The van der Waals surface area contributed by atoms with Crippen LogP contribution in [-0.4, -0.2) is 9.78 Å². The number of hydrogen-bond donors (Lipinski definition) is 3. The van der Waals surface area contributed by atoms with Crippen LogP contribution in [0.3, 0.4) is 0 Å². The van der Waals surface area contributed by atoms with Crippen molar-refractivity contribution >= 4 is 17.3 Å². The van der Waals surface area contributed by atoms with Crippen molar-refractivity contribution in [1.82, 2.24) is 15.2 Å². The van der Waals surface area contributed by atoms with Crippen LogP contribution in [0.4, 0.5) is 5.69 Å². The average molecular weight is 252 g/mol. The van der Waals surface area contributed by atoms with Gasteiger partial charge in [-0.25, -0.2) is 5.43 Å². The quantitative estimate of drug-likeness (QED) is 0.435. The lowest BCUT2D eigenvalue weighted by molar-refractivity contribution is 0.576. The van der Waals surface area contributed by atoms with Crippen LogP contribution in [-0.2, 0) is 7.05 Å². The highest BCUT2D eigenvalue weighted by molar-refractivity contribution is 6.31. The van der Waals surface area contributed by atoms with Gasteiger partial charge < -0.3 is 5.73 Å². The molecule has 0 fully saturated rings. The Morgan fingerprint density at radius 2 is 2.12 bits per heavy atom. The second-order valence-electron chi connectivity index (χ2n) is 3.73. The van der Waals surface area contributed by atoms with E-state index in [0.717, 1.165) is 11.3 Å². The topological polar surface area (TPSA) is 81.9 Å². The van der Waals surface area contributed by atoms with E-state index in [1.165, 1.54) is 0 Å². The van der Waals surface area contributed by atoms with Crippen LogP contribution in [0, 0.1) is 0 Å². The van der Waals surface area contributed by atoms with Crippen molar-refractivity contribution in [1.29, 1.82) is 0 Å². The van der Waals surface area contributed by atoms with Crippen molar-refractivity contribution in [3.63, 3.8) is 0 Å². The van der Waals surface area contributed by atoms with Gasteiger partial charge in [-0.05, 0) is 11.6 Å². The first-order chi connectivity index (χ1) is 8.15. The Balaban J connectivity index is 2.52. The van der Waals surface area contributed by atoms with Crippen LogP contribution < -0.4 is 17.0 Å². The van der Waals surface area contributed by atoms with Gasteiger partial charge in [-0.2, -0.15) is 5.10 Å². The molecule has 5 N–H and O–H groups in total. The molecule has 90 valence electrons. The summed E-state index contributed by atoms with van der Waals surface area (Å²) in [5, 5.41) is 4.64. The van der Waals surface area contributed by atoms with Crippen molar-refractivity contribution in [3.8, 4) is 0 Å². The number of hydrogen-bond acceptors (Lipinski definition) is 4. The van der Waals surface area contributed by atoms with Gasteiger partial charge in [0, 0.05) is 12.7 Å². The number of nitrogens with two attached hydrogens (primary N) is 2. The summed E-state index contributed by atoms with van der Waals surface area (Å²) < 4.78 is 1.68. The summed E-state index contributed by atoms with van der Waals surface area (Å²) >= 11 is 6.10. The molecule has 2 aromatic rings. The molecule has 6 heteroatoms. The molecule has 0 aliphatic heterocycles. The molecule has 1 atom stereocenters. The fourth-order valence-corrected chi connectivity index (χ4v) is 2.11. The van der Waals surface area contributed by atoms with E-state index in [0.29, 0.717) is 10.7 Å². The van der Waals surface area contributed by atoms with Crippen LogP contribution in [0.1, 0.15) is 17.3 Å². The molecule has 17 heavy (non-hydrogen) atoms. The molecule has 0 aliphatic carbocycles. The molecule has 0 saturated heterocycles. The van der Waals surface area contributed by atoms with Crippen molar-refractivity contribution in [3.05, 3.63) is 46.7 Å². The van der Waals surface area contributed by atoms with Crippen LogP contribution in [0.25, 0.3) is 0 Å². The molecule has 1 unspecified atom stereocenters. The molecule has 1 aromatic carbocycles. The van der Waals surface area contributed by atoms with Gasteiger partial charge in [0.15, 0.2) is 0 Å². The van der Waals surface area contributed by atoms with E-state index < -0.39 is 0 Å². The summed E-state index contributed by atoms with van der Waals surface area (Å²) in [6.45, 7) is 0. The fraction of sp³-hybridized carbons (Fsp3) is 0.182. The number of para-hydroxylation sites is 1. The summed E-state index contributed by atoms with van der Waals surface area (Å²) in [5.74, 6) is 5.60. The van der Waals surface area contributed by atoms with E-state index >= 15 is 0 Å². The average Bonchev–Trinajstić information content (AvgIpc) is 2.64. The van der Waals surface area contributed by atoms with Crippen LogP contribution >= 0.6 is 11.6 Å². The van der Waals surface area contributed by atoms with Crippen molar-refractivity contribution in [2.45, 2.75) is 6.04 Å². The molecule has 0 amide bonds. The number of hydrazine groups is 1.